The highest BCUT2D eigenvalue weighted by Crippen LogP contribution is 2.19. The highest BCUT2D eigenvalue weighted by Gasteiger charge is 2.38. The van der Waals surface area contributed by atoms with Crippen LogP contribution in [0.3, 0.4) is 0 Å². The van der Waals surface area contributed by atoms with Gasteiger partial charge in [0.25, 0.3) is 0 Å². The number of nitrogens with zero attached hydrogens (tertiary/aromatic N) is 1. The Morgan fingerprint density at radius 1 is 1.33 bits per heavy atom. The molecule has 3 unspecified atom stereocenters. The van der Waals surface area contributed by atoms with Gasteiger partial charge < -0.3 is 19.7 Å². The summed E-state index contributed by atoms with van der Waals surface area (Å²) < 4.78 is 11.0. The molecule has 124 valence electrons. The van der Waals surface area contributed by atoms with Crippen molar-refractivity contribution in [2.24, 2.45) is 5.92 Å². The average molecular weight is 300 g/mol. The summed E-state index contributed by atoms with van der Waals surface area (Å²) in [6.07, 6.45) is 0.892. The molecule has 0 aromatic carbocycles. The van der Waals surface area contributed by atoms with Gasteiger partial charge in [-0.1, -0.05) is 20.3 Å². The Labute approximate surface area is 129 Å². The lowest BCUT2D eigenvalue weighted by Crippen LogP contribution is -2.47. The number of hydrogen-bond donors (Lipinski definition) is 1. The zero-order chi connectivity index (χ0) is 16.2. The molecule has 0 radical (unpaired) electrons. The van der Waals surface area contributed by atoms with Gasteiger partial charge in [0.15, 0.2) is 0 Å². The van der Waals surface area contributed by atoms with E-state index in [4.69, 9.17) is 9.47 Å². The molecule has 0 aromatic rings. The number of hydrogen-bond acceptors (Lipinski definition) is 4. The van der Waals surface area contributed by atoms with Crippen LogP contribution in [-0.4, -0.2) is 55.0 Å². The number of methoxy groups -OCH3 is 1. The van der Waals surface area contributed by atoms with Crippen LogP contribution in [0.1, 0.15) is 48.0 Å². The smallest absolute Gasteiger partial charge is 0.410 e. The minimum absolute atomic E-state index is 0.0176. The maximum absolute atomic E-state index is 12.2. The number of ether oxygens (including phenoxy) is 2. The van der Waals surface area contributed by atoms with Crippen molar-refractivity contribution < 1.29 is 14.3 Å². The summed E-state index contributed by atoms with van der Waals surface area (Å²) in [6, 6.07) is 0.558. The summed E-state index contributed by atoms with van der Waals surface area (Å²) >= 11 is 0. The summed E-state index contributed by atoms with van der Waals surface area (Å²) in [4.78, 5) is 13.9. The molecule has 0 aromatic heterocycles. The van der Waals surface area contributed by atoms with E-state index in [1.54, 1.807) is 12.0 Å². The molecule has 0 bridgehead atoms. The van der Waals surface area contributed by atoms with Crippen LogP contribution in [0.15, 0.2) is 0 Å². The Morgan fingerprint density at radius 3 is 2.43 bits per heavy atom. The van der Waals surface area contributed by atoms with Crippen LogP contribution in [0.5, 0.6) is 0 Å². The van der Waals surface area contributed by atoms with E-state index in [-0.39, 0.29) is 18.2 Å². The van der Waals surface area contributed by atoms with Crippen LogP contribution in [0.4, 0.5) is 4.79 Å². The molecular weight excluding hydrogens is 268 g/mol. The Bertz CT molecular complexity index is 341. The molecule has 0 saturated carbocycles. The van der Waals surface area contributed by atoms with Crippen LogP contribution in [0.2, 0.25) is 0 Å². The SMILES string of the molecule is CCC(C)C(C)NC1CN(C(=O)OC(C)(C)C)C[C@@H]1OC. The molecule has 1 amide bonds. The van der Waals surface area contributed by atoms with Gasteiger partial charge >= 0.3 is 6.09 Å². The number of rotatable bonds is 5. The molecular formula is C16H32N2O3. The number of carbonyl (C=O) groups is 1. The molecule has 1 aliphatic heterocycles. The standard InChI is InChI=1S/C16H32N2O3/c1-8-11(2)12(3)17-13-9-18(10-14(13)20-7)15(19)21-16(4,5)6/h11-14,17H,8-10H2,1-7H3/t11?,12?,13?,14-/m0/s1. The number of likely N-dealkylation sites (tertiary alicyclic amines) is 1. The fourth-order valence-electron chi connectivity index (χ4n) is 2.50. The van der Waals surface area contributed by atoms with E-state index >= 15 is 0 Å². The number of amides is 1. The van der Waals surface area contributed by atoms with E-state index in [0.717, 1.165) is 6.42 Å². The van der Waals surface area contributed by atoms with Crippen LogP contribution in [0.25, 0.3) is 0 Å². The van der Waals surface area contributed by atoms with Gasteiger partial charge in [-0.15, -0.1) is 0 Å². The second-order valence-electron chi connectivity index (χ2n) is 7.11. The van der Waals surface area contributed by atoms with E-state index in [9.17, 15) is 4.79 Å². The monoisotopic (exact) mass is 300 g/mol. The van der Waals surface area contributed by atoms with Crippen LogP contribution in [-0.2, 0) is 9.47 Å². The van der Waals surface area contributed by atoms with Crippen molar-refractivity contribution in [1.29, 1.82) is 0 Å². The number of nitrogens with one attached hydrogen (secondary N) is 1. The minimum Gasteiger partial charge on any atom is -0.444 e. The largest absolute Gasteiger partial charge is 0.444 e. The summed E-state index contributed by atoms with van der Waals surface area (Å²) in [6.45, 7) is 13.5. The van der Waals surface area contributed by atoms with Crippen molar-refractivity contribution in [2.75, 3.05) is 20.2 Å². The van der Waals surface area contributed by atoms with Crippen molar-refractivity contribution in [1.82, 2.24) is 10.2 Å². The van der Waals surface area contributed by atoms with Crippen LogP contribution >= 0.6 is 0 Å². The van der Waals surface area contributed by atoms with E-state index < -0.39 is 5.60 Å². The van der Waals surface area contributed by atoms with Crippen molar-refractivity contribution >= 4 is 6.09 Å². The maximum Gasteiger partial charge on any atom is 0.410 e. The average Bonchev–Trinajstić information content (AvgIpc) is 2.78. The third kappa shape index (κ3) is 5.47. The first kappa shape index (κ1) is 18.2. The third-order valence-electron chi connectivity index (χ3n) is 4.20. The van der Waals surface area contributed by atoms with Crippen LogP contribution < -0.4 is 5.32 Å². The van der Waals surface area contributed by atoms with Gasteiger partial charge in [0.05, 0.1) is 18.7 Å². The van der Waals surface area contributed by atoms with Gasteiger partial charge in [0.1, 0.15) is 5.60 Å². The van der Waals surface area contributed by atoms with Gasteiger partial charge in [-0.05, 0) is 33.6 Å². The molecule has 1 heterocycles. The first-order valence-electron chi connectivity index (χ1n) is 7.94. The lowest BCUT2D eigenvalue weighted by molar-refractivity contribution is 0.0252. The molecule has 1 rings (SSSR count). The first-order valence-corrected chi connectivity index (χ1v) is 7.94. The maximum atomic E-state index is 12.2. The van der Waals surface area contributed by atoms with E-state index in [1.807, 2.05) is 20.8 Å². The van der Waals surface area contributed by atoms with E-state index in [0.29, 0.717) is 25.0 Å². The van der Waals surface area contributed by atoms with Gasteiger partial charge in [-0.25, -0.2) is 4.79 Å². The molecule has 0 spiro atoms. The Morgan fingerprint density at radius 2 is 1.95 bits per heavy atom. The third-order valence-corrected chi connectivity index (χ3v) is 4.20. The molecule has 21 heavy (non-hydrogen) atoms. The lowest BCUT2D eigenvalue weighted by atomic mass is 9.99. The fourth-order valence-corrected chi connectivity index (χ4v) is 2.50. The van der Waals surface area contributed by atoms with Crippen molar-refractivity contribution in [3.63, 3.8) is 0 Å². The second kappa shape index (κ2) is 7.45. The Balaban J connectivity index is 2.61. The zero-order valence-electron chi connectivity index (χ0n) is 14.6. The lowest BCUT2D eigenvalue weighted by Gasteiger charge is -2.27. The van der Waals surface area contributed by atoms with Crippen LogP contribution in [0, 0.1) is 5.92 Å². The summed E-state index contributed by atoms with van der Waals surface area (Å²) in [7, 11) is 1.70. The molecule has 1 fully saturated rings. The molecule has 1 N–H and O–H groups in total. The summed E-state index contributed by atoms with van der Waals surface area (Å²) in [5.74, 6) is 0.595. The number of carbonyl (C=O) groups excluding carboxylic acids is 1. The molecule has 5 nitrogen and oxygen atoms in total. The molecule has 0 aliphatic carbocycles. The van der Waals surface area contributed by atoms with Crippen molar-refractivity contribution in [3.05, 3.63) is 0 Å². The quantitative estimate of drug-likeness (QED) is 0.848. The van der Waals surface area contributed by atoms with Gasteiger partial charge in [0, 0.05) is 19.7 Å². The highest BCUT2D eigenvalue weighted by molar-refractivity contribution is 5.68. The van der Waals surface area contributed by atoms with Crippen molar-refractivity contribution in [3.8, 4) is 0 Å². The van der Waals surface area contributed by atoms with Gasteiger partial charge in [0.2, 0.25) is 0 Å². The minimum atomic E-state index is -0.463. The Hall–Kier alpha value is -0.810. The van der Waals surface area contributed by atoms with E-state index in [2.05, 4.69) is 26.1 Å². The highest BCUT2D eigenvalue weighted by atomic mass is 16.6. The van der Waals surface area contributed by atoms with Crippen molar-refractivity contribution in [2.45, 2.75) is 71.8 Å². The molecule has 5 heteroatoms. The molecule has 4 atom stereocenters. The predicted molar refractivity (Wildman–Crippen MR) is 84.4 cm³/mol. The van der Waals surface area contributed by atoms with E-state index in [1.165, 1.54) is 0 Å². The summed E-state index contributed by atoms with van der Waals surface area (Å²) in [5.41, 5.74) is -0.463. The zero-order valence-corrected chi connectivity index (χ0v) is 14.6. The molecule has 1 saturated heterocycles. The second-order valence-corrected chi connectivity index (χ2v) is 7.11. The topological polar surface area (TPSA) is 50.8 Å². The molecule has 1 aliphatic rings. The normalized spacial score (nSPS) is 25.8. The van der Waals surface area contributed by atoms with Gasteiger partial charge in [-0.3, -0.25) is 0 Å². The summed E-state index contributed by atoms with van der Waals surface area (Å²) in [5, 5.41) is 3.60. The van der Waals surface area contributed by atoms with Gasteiger partial charge in [-0.2, -0.15) is 0 Å². The Kier molecular flexibility index (Phi) is 6.47. The predicted octanol–water partition coefficient (Wildman–Crippen LogP) is 2.64. The first-order chi connectivity index (χ1) is 9.67. The fraction of sp³-hybridized carbons (Fsp3) is 0.938.